The number of nitrogens with zero attached hydrogens (tertiary/aromatic N) is 2. The number of ether oxygens (including phenoxy) is 1. The molecule has 2 aromatic carbocycles. The number of non-ortho nitro benzene ring substituents is 1. The van der Waals surface area contributed by atoms with Crippen LogP contribution in [0.25, 0.3) is 0 Å². The van der Waals surface area contributed by atoms with E-state index in [-0.39, 0.29) is 30.6 Å². The van der Waals surface area contributed by atoms with Gasteiger partial charge < -0.3 is 10.1 Å². The quantitative estimate of drug-likeness (QED) is 0.365. The summed E-state index contributed by atoms with van der Waals surface area (Å²) in [7, 11) is 0. The lowest BCUT2D eigenvalue weighted by Gasteiger charge is -2.40. The Bertz CT molecular complexity index is 1230. The van der Waals surface area contributed by atoms with Crippen LogP contribution >= 0.6 is 0 Å². The second-order valence-corrected chi connectivity index (χ2v) is 7.76. The van der Waals surface area contributed by atoms with E-state index >= 15 is 0 Å². The molecule has 12 nitrogen and oxygen atoms in total. The highest BCUT2D eigenvalue weighted by atomic mass is 16.6. The number of rotatable bonds is 6. The van der Waals surface area contributed by atoms with Crippen molar-refractivity contribution < 1.29 is 33.6 Å². The van der Waals surface area contributed by atoms with Crippen LogP contribution in [0.5, 0.6) is 0 Å². The minimum absolute atomic E-state index is 0.0545. The molecule has 4 rings (SSSR count). The predicted molar refractivity (Wildman–Crippen MR) is 113 cm³/mol. The Kier molecular flexibility index (Phi) is 5.80. The van der Waals surface area contributed by atoms with Gasteiger partial charge in [0, 0.05) is 18.6 Å². The summed E-state index contributed by atoms with van der Waals surface area (Å²) >= 11 is 0. The molecule has 0 saturated carbocycles. The van der Waals surface area contributed by atoms with Gasteiger partial charge in [0.25, 0.3) is 23.4 Å². The van der Waals surface area contributed by atoms with Crippen LogP contribution in [-0.4, -0.2) is 51.6 Å². The van der Waals surface area contributed by atoms with Gasteiger partial charge >= 0.3 is 6.09 Å². The highest BCUT2D eigenvalue weighted by Crippen LogP contribution is 2.35. The first kappa shape index (κ1) is 22.6. The maximum Gasteiger partial charge on any atom is 0.407 e. The molecule has 0 aliphatic carbocycles. The molecule has 0 aromatic heterocycles. The normalized spacial score (nSPS) is 19.5. The van der Waals surface area contributed by atoms with Crippen LogP contribution in [0, 0.1) is 10.1 Å². The molecule has 1 unspecified atom stereocenters. The van der Waals surface area contributed by atoms with Crippen LogP contribution in [0.4, 0.5) is 10.5 Å². The minimum Gasteiger partial charge on any atom is -0.445 e. The summed E-state index contributed by atoms with van der Waals surface area (Å²) in [5.41, 5.74) is -1.97. The number of hydrogen-bond acceptors (Lipinski definition) is 8. The first-order chi connectivity index (χ1) is 16.2. The van der Waals surface area contributed by atoms with E-state index in [1.165, 1.54) is 0 Å². The van der Waals surface area contributed by atoms with Gasteiger partial charge in [-0.1, -0.05) is 30.3 Å². The Balaban J connectivity index is 1.58. The van der Waals surface area contributed by atoms with Gasteiger partial charge in [0.05, 0.1) is 22.6 Å². The number of benzene rings is 2. The zero-order valence-electron chi connectivity index (χ0n) is 17.6. The number of nitrogens with one attached hydrogen (secondary N) is 2. The Morgan fingerprint density at radius 1 is 1.09 bits per heavy atom. The first-order valence-corrected chi connectivity index (χ1v) is 10.2. The van der Waals surface area contributed by atoms with Gasteiger partial charge in [-0.25, -0.2) is 4.79 Å². The molecule has 34 heavy (non-hydrogen) atoms. The SMILES string of the molecule is O=C1CCC(CNC(=O)OCc2ccccc2)(N2C(=O)c3ccc([N+](=O)[O-])cc3C2=O)C(=O)N1. The Morgan fingerprint density at radius 2 is 1.79 bits per heavy atom. The van der Waals surface area contributed by atoms with Gasteiger partial charge in [-0.2, -0.15) is 0 Å². The Hall–Kier alpha value is -4.61. The van der Waals surface area contributed by atoms with Crippen molar-refractivity contribution in [3.05, 3.63) is 75.3 Å². The van der Waals surface area contributed by atoms with Crippen molar-refractivity contribution in [3.63, 3.8) is 0 Å². The molecule has 5 amide bonds. The van der Waals surface area contributed by atoms with E-state index in [0.717, 1.165) is 23.8 Å². The molecule has 174 valence electrons. The second-order valence-electron chi connectivity index (χ2n) is 7.76. The van der Waals surface area contributed by atoms with Gasteiger partial charge in [0.15, 0.2) is 0 Å². The number of nitro benzene ring substituents is 1. The smallest absolute Gasteiger partial charge is 0.407 e. The maximum atomic E-state index is 13.1. The van der Waals surface area contributed by atoms with Gasteiger partial charge in [-0.3, -0.25) is 39.5 Å². The largest absolute Gasteiger partial charge is 0.445 e. The second kappa shape index (κ2) is 8.73. The zero-order valence-corrected chi connectivity index (χ0v) is 17.6. The number of alkyl carbamates (subject to hydrolysis) is 1. The summed E-state index contributed by atoms with van der Waals surface area (Å²) < 4.78 is 5.13. The fourth-order valence-corrected chi connectivity index (χ4v) is 3.92. The van der Waals surface area contributed by atoms with Crippen molar-refractivity contribution in [1.82, 2.24) is 15.5 Å². The summed E-state index contributed by atoms with van der Waals surface area (Å²) in [6, 6.07) is 12.0. The lowest BCUT2D eigenvalue weighted by atomic mass is 9.86. The number of fused-ring (bicyclic) bond motifs is 1. The van der Waals surface area contributed by atoms with Crippen LogP contribution in [0.3, 0.4) is 0 Å². The van der Waals surface area contributed by atoms with Gasteiger partial charge in [0.1, 0.15) is 12.1 Å². The van der Waals surface area contributed by atoms with Crippen molar-refractivity contribution in [2.24, 2.45) is 0 Å². The van der Waals surface area contributed by atoms with E-state index in [2.05, 4.69) is 10.6 Å². The molecule has 0 bridgehead atoms. The molecule has 1 saturated heterocycles. The van der Waals surface area contributed by atoms with Crippen molar-refractivity contribution >= 4 is 35.4 Å². The summed E-state index contributed by atoms with van der Waals surface area (Å²) in [4.78, 5) is 74.3. The molecule has 2 N–H and O–H groups in total. The van der Waals surface area contributed by atoms with E-state index in [9.17, 15) is 34.1 Å². The molecule has 2 heterocycles. The van der Waals surface area contributed by atoms with Gasteiger partial charge in [0.2, 0.25) is 5.91 Å². The Morgan fingerprint density at radius 3 is 2.47 bits per heavy atom. The number of nitro groups is 1. The van der Waals surface area contributed by atoms with Crippen molar-refractivity contribution in [1.29, 1.82) is 0 Å². The molecule has 0 radical (unpaired) electrons. The molecule has 2 aliphatic heterocycles. The molecule has 12 heteroatoms. The lowest BCUT2D eigenvalue weighted by Crippen LogP contribution is -2.68. The summed E-state index contributed by atoms with van der Waals surface area (Å²) in [5, 5.41) is 15.6. The standard InChI is InChI=1S/C22H18N4O8/c27-17-8-9-22(20(30)24-17,12-23-21(31)34-11-13-4-2-1-3-5-13)25-18(28)15-7-6-14(26(32)33)10-16(15)19(25)29/h1-7,10H,8-9,11-12H2,(H,23,31)(H,24,27,30). The van der Waals surface area contributed by atoms with E-state index in [4.69, 9.17) is 4.74 Å². The van der Waals surface area contributed by atoms with E-state index in [0.29, 0.717) is 4.90 Å². The number of carbonyl (C=O) groups is 5. The third-order valence-corrected chi connectivity index (χ3v) is 5.69. The van der Waals surface area contributed by atoms with Crippen LogP contribution < -0.4 is 10.6 Å². The lowest BCUT2D eigenvalue weighted by molar-refractivity contribution is -0.384. The number of amides is 5. The van der Waals surface area contributed by atoms with Crippen molar-refractivity contribution in [2.45, 2.75) is 25.0 Å². The molecule has 1 atom stereocenters. The highest BCUT2D eigenvalue weighted by molar-refractivity contribution is 6.24. The molecule has 0 spiro atoms. The number of piperidine rings is 1. The van der Waals surface area contributed by atoms with Gasteiger partial charge in [-0.05, 0) is 18.1 Å². The third-order valence-electron chi connectivity index (χ3n) is 5.69. The maximum absolute atomic E-state index is 13.1. The summed E-state index contributed by atoms with van der Waals surface area (Å²) in [6.45, 7) is -0.575. The first-order valence-electron chi connectivity index (χ1n) is 10.2. The fraction of sp³-hybridized carbons (Fsp3) is 0.227. The number of imide groups is 2. The van der Waals surface area contributed by atoms with Crippen LogP contribution in [-0.2, 0) is 20.9 Å². The van der Waals surface area contributed by atoms with Crippen LogP contribution in [0.2, 0.25) is 0 Å². The third kappa shape index (κ3) is 3.96. The van der Waals surface area contributed by atoms with E-state index < -0.39 is 52.4 Å². The monoisotopic (exact) mass is 466 g/mol. The van der Waals surface area contributed by atoms with Crippen molar-refractivity contribution in [3.8, 4) is 0 Å². The average Bonchev–Trinajstić information content (AvgIpc) is 3.08. The van der Waals surface area contributed by atoms with Gasteiger partial charge in [-0.15, -0.1) is 0 Å². The molecular weight excluding hydrogens is 448 g/mol. The number of hydrogen-bond donors (Lipinski definition) is 2. The van der Waals surface area contributed by atoms with E-state index in [1.807, 2.05) is 0 Å². The average molecular weight is 466 g/mol. The van der Waals surface area contributed by atoms with Crippen molar-refractivity contribution in [2.75, 3.05) is 6.54 Å². The molecule has 2 aromatic rings. The molecule has 2 aliphatic rings. The molecular formula is C22H18N4O8. The highest BCUT2D eigenvalue weighted by Gasteiger charge is 2.56. The zero-order chi connectivity index (χ0) is 24.5. The summed E-state index contributed by atoms with van der Waals surface area (Å²) in [5.74, 6) is -3.35. The fourth-order valence-electron chi connectivity index (χ4n) is 3.92. The summed E-state index contributed by atoms with van der Waals surface area (Å²) in [6.07, 6.45) is -1.34. The minimum atomic E-state index is -1.93. The Labute approximate surface area is 192 Å². The predicted octanol–water partition coefficient (Wildman–Crippen LogP) is 1.29. The van der Waals surface area contributed by atoms with Crippen LogP contribution in [0.15, 0.2) is 48.5 Å². The van der Waals surface area contributed by atoms with E-state index in [1.54, 1.807) is 30.3 Å². The topological polar surface area (TPSA) is 165 Å². The molecule has 1 fully saturated rings. The van der Waals surface area contributed by atoms with Crippen LogP contribution in [0.1, 0.15) is 39.1 Å². The number of carbonyl (C=O) groups excluding carboxylic acids is 5.